The number of rotatable bonds is 6. The van der Waals surface area contributed by atoms with Gasteiger partial charge in [0.1, 0.15) is 6.04 Å². The Bertz CT molecular complexity index is 916. The Morgan fingerprint density at radius 2 is 1.81 bits per heavy atom. The predicted molar refractivity (Wildman–Crippen MR) is 97.6 cm³/mol. The Morgan fingerprint density at radius 1 is 1.15 bits per heavy atom. The Labute approximate surface area is 151 Å². The Kier molecular flexibility index (Phi) is 5.97. The molecule has 8 heteroatoms. The molecule has 0 aliphatic heterocycles. The van der Waals surface area contributed by atoms with Crippen LogP contribution in [-0.4, -0.2) is 26.6 Å². The molecule has 0 saturated heterocycles. The maximum atomic E-state index is 13.5. The third kappa shape index (κ3) is 4.37. The predicted octanol–water partition coefficient (Wildman–Crippen LogP) is 3.32. The molecular weight excluding hydrogens is 362 g/mol. The second-order valence-electron chi connectivity index (χ2n) is 5.83. The smallest absolute Gasteiger partial charge is 0.248 e. The minimum absolute atomic E-state index is 0.127. The third-order valence-electron chi connectivity index (χ3n) is 3.90. The molecule has 2 aromatic rings. The number of hydrogen-bond acceptors (Lipinski definition) is 3. The normalized spacial score (nSPS) is 12.5. The van der Waals surface area contributed by atoms with E-state index in [0.29, 0.717) is 12.1 Å². The number of nitrogens with one attached hydrogen (secondary N) is 1. The molecule has 0 spiro atoms. The monoisotopic (exact) mass is 382 g/mol. The first kappa shape index (κ1) is 19.8. The summed E-state index contributed by atoms with van der Waals surface area (Å²) < 4.78 is 51.8. The molecular formula is C18H20F2N2O3S. The summed E-state index contributed by atoms with van der Waals surface area (Å²) in [4.78, 5) is 12.6. The van der Waals surface area contributed by atoms with Gasteiger partial charge in [-0.1, -0.05) is 25.1 Å². The van der Waals surface area contributed by atoms with Crippen molar-refractivity contribution in [2.24, 2.45) is 0 Å². The molecule has 0 aliphatic carbocycles. The van der Waals surface area contributed by atoms with E-state index in [-0.39, 0.29) is 5.69 Å². The molecule has 0 aliphatic rings. The van der Waals surface area contributed by atoms with Crippen LogP contribution in [0.15, 0.2) is 42.5 Å². The highest BCUT2D eigenvalue weighted by Crippen LogP contribution is 2.24. The lowest BCUT2D eigenvalue weighted by atomic mass is 10.1. The van der Waals surface area contributed by atoms with E-state index >= 15 is 0 Å². The number of para-hydroxylation sites is 1. The van der Waals surface area contributed by atoms with Crippen LogP contribution in [0.2, 0.25) is 0 Å². The highest BCUT2D eigenvalue weighted by molar-refractivity contribution is 7.92. The fourth-order valence-corrected chi connectivity index (χ4v) is 3.79. The van der Waals surface area contributed by atoms with Gasteiger partial charge in [0.15, 0.2) is 11.6 Å². The molecule has 1 unspecified atom stereocenters. The van der Waals surface area contributed by atoms with Gasteiger partial charge in [0.05, 0.1) is 11.9 Å². The van der Waals surface area contributed by atoms with Gasteiger partial charge < -0.3 is 5.32 Å². The molecule has 1 atom stereocenters. The van der Waals surface area contributed by atoms with Crippen LogP contribution in [0, 0.1) is 11.6 Å². The van der Waals surface area contributed by atoms with Gasteiger partial charge in [-0.05, 0) is 37.1 Å². The van der Waals surface area contributed by atoms with Gasteiger partial charge in [0, 0.05) is 11.8 Å². The van der Waals surface area contributed by atoms with E-state index in [2.05, 4.69) is 5.32 Å². The molecule has 1 N–H and O–H groups in total. The van der Waals surface area contributed by atoms with Crippen LogP contribution in [0.1, 0.15) is 19.4 Å². The Balaban J connectivity index is 2.36. The second-order valence-corrected chi connectivity index (χ2v) is 7.69. The summed E-state index contributed by atoms with van der Waals surface area (Å²) in [6.45, 7) is 3.31. The SMILES string of the molecule is CCc1ccccc1NC(=O)C(C)N(c1ccc(F)c(F)c1)S(C)(=O)=O. The van der Waals surface area contributed by atoms with E-state index in [4.69, 9.17) is 0 Å². The molecule has 0 fully saturated rings. The van der Waals surface area contributed by atoms with Gasteiger partial charge in [-0.2, -0.15) is 0 Å². The zero-order chi connectivity index (χ0) is 19.5. The van der Waals surface area contributed by atoms with E-state index in [1.54, 1.807) is 12.1 Å². The lowest BCUT2D eigenvalue weighted by molar-refractivity contribution is -0.116. The number of carbonyl (C=O) groups excluding carboxylic acids is 1. The second kappa shape index (κ2) is 7.82. The van der Waals surface area contributed by atoms with Crippen molar-refractivity contribution in [3.05, 3.63) is 59.7 Å². The average Bonchev–Trinajstić information content (AvgIpc) is 2.57. The van der Waals surface area contributed by atoms with Crippen molar-refractivity contribution in [3.63, 3.8) is 0 Å². The van der Waals surface area contributed by atoms with Crippen molar-refractivity contribution < 1.29 is 22.0 Å². The van der Waals surface area contributed by atoms with E-state index in [1.165, 1.54) is 6.92 Å². The van der Waals surface area contributed by atoms with Crippen molar-refractivity contribution >= 4 is 27.3 Å². The first-order chi connectivity index (χ1) is 12.1. The van der Waals surface area contributed by atoms with E-state index in [0.717, 1.165) is 34.3 Å². The number of hydrogen-bond donors (Lipinski definition) is 1. The summed E-state index contributed by atoms with van der Waals surface area (Å²) in [5, 5.41) is 2.70. The van der Waals surface area contributed by atoms with E-state index in [1.807, 2.05) is 19.1 Å². The van der Waals surface area contributed by atoms with Crippen LogP contribution in [0.4, 0.5) is 20.2 Å². The quantitative estimate of drug-likeness (QED) is 0.833. The van der Waals surface area contributed by atoms with Crippen molar-refractivity contribution in [2.75, 3.05) is 15.9 Å². The van der Waals surface area contributed by atoms with Crippen molar-refractivity contribution in [2.45, 2.75) is 26.3 Å². The lowest BCUT2D eigenvalue weighted by Crippen LogP contribution is -2.45. The maximum Gasteiger partial charge on any atom is 0.248 e. The van der Waals surface area contributed by atoms with Crippen molar-refractivity contribution in [3.8, 4) is 0 Å². The van der Waals surface area contributed by atoms with E-state index in [9.17, 15) is 22.0 Å². The molecule has 2 rings (SSSR count). The summed E-state index contributed by atoms with van der Waals surface area (Å²) in [5.74, 6) is -2.88. The summed E-state index contributed by atoms with van der Waals surface area (Å²) in [7, 11) is -3.92. The number of carbonyl (C=O) groups is 1. The van der Waals surface area contributed by atoms with Crippen LogP contribution in [0.5, 0.6) is 0 Å². The Morgan fingerprint density at radius 3 is 2.38 bits per heavy atom. The number of benzene rings is 2. The topological polar surface area (TPSA) is 66.5 Å². The minimum atomic E-state index is -3.92. The molecule has 5 nitrogen and oxygen atoms in total. The highest BCUT2D eigenvalue weighted by Gasteiger charge is 2.30. The number of anilines is 2. The molecule has 140 valence electrons. The molecule has 0 heterocycles. The van der Waals surface area contributed by atoms with Crippen molar-refractivity contribution in [1.29, 1.82) is 0 Å². The Hall–Kier alpha value is -2.48. The zero-order valence-electron chi connectivity index (χ0n) is 14.7. The van der Waals surface area contributed by atoms with Crippen LogP contribution in [0.3, 0.4) is 0 Å². The van der Waals surface area contributed by atoms with Gasteiger partial charge in [0.25, 0.3) is 0 Å². The molecule has 26 heavy (non-hydrogen) atoms. The third-order valence-corrected chi connectivity index (χ3v) is 5.14. The lowest BCUT2D eigenvalue weighted by Gasteiger charge is -2.28. The van der Waals surface area contributed by atoms with Gasteiger partial charge >= 0.3 is 0 Å². The van der Waals surface area contributed by atoms with Gasteiger partial charge in [0.2, 0.25) is 15.9 Å². The molecule has 0 saturated carbocycles. The first-order valence-electron chi connectivity index (χ1n) is 7.98. The fourth-order valence-electron chi connectivity index (χ4n) is 2.62. The number of halogens is 2. The minimum Gasteiger partial charge on any atom is -0.324 e. The summed E-state index contributed by atoms with van der Waals surface area (Å²) in [6, 6.07) is 8.67. The summed E-state index contributed by atoms with van der Waals surface area (Å²) >= 11 is 0. The molecule has 0 aromatic heterocycles. The standard InChI is InChI=1S/C18H20F2N2O3S/c1-4-13-7-5-6-8-17(13)21-18(23)12(2)22(26(3,24)25)14-9-10-15(19)16(20)11-14/h5-12H,4H2,1-3H3,(H,21,23). The van der Waals surface area contributed by atoms with Crippen LogP contribution >= 0.6 is 0 Å². The number of nitrogens with zero attached hydrogens (tertiary/aromatic N) is 1. The van der Waals surface area contributed by atoms with Crippen molar-refractivity contribution in [1.82, 2.24) is 0 Å². The van der Waals surface area contributed by atoms with Crippen LogP contribution in [0.25, 0.3) is 0 Å². The fraction of sp³-hybridized carbons (Fsp3) is 0.278. The first-order valence-corrected chi connectivity index (χ1v) is 9.83. The van der Waals surface area contributed by atoms with E-state index < -0.39 is 33.6 Å². The molecule has 1 amide bonds. The van der Waals surface area contributed by atoms with Gasteiger partial charge in [-0.15, -0.1) is 0 Å². The number of aryl methyl sites for hydroxylation is 1. The van der Waals surface area contributed by atoms with Crippen LogP contribution < -0.4 is 9.62 Å². The maximum absolute atomic E-state index is 13.5. The number of sulfonamides is 1. The zero-order valence-corrected chi connectivity index (χ0v) is 15.5. The number of amides is 1. The summed E-state index contributed by atoms with van der Waals surface area (Å²) in [6.07, 6.45) is 1.59. The summed E-state index contributed by atoms with van der Waals surface area (Å²) in [5.41, 5.74) is 1.34. The molecule has 0 radical (unpaired) electrons. The van der Waals surface area contributed by atoms with Crippen LogP contribution in [-0.2, 0) is 21.2 Å². The van der Waals surface area contributed by atoms with Gasteiger partial charge in [-0.3, -0.25) is 9.10 Å². The molecule has 2 aromatic carbocycles. The largest absolute Gasteiger partial charge is 0.324 e. The highest BCUT2D eigenvalue weighted by atomic mass is 32.2. The van der Waals surface area contributed by atoms with Gasteiger partial charge in [-0.25, -0.2) is 17.2 Å². The average molecular weight is 382 g/mol. The molecule has 0 bridgehead atoms.